The van der Waals surface area contributed by atoms with Gasteiger partial charge >= 0.3 is 0 Å². The second-order valence-corrected chi connectivity index (χ2v) is 7.08. The molecule has 0 amide bonds. The lowest BCUT2D eigenvalue weighted by Crippen LogP contribution is -2.59. The lowest BCUT2D eigenvalue weighted by atomic mass is 9.76. The molecule has 4 fully saturated rings. The molecule has 0 spiro atoms. The van der Waals surface area contributed by atoms with Crippen molar-refractivity contribution >= 4 is 0 Å². The lowest BCUT2D eigenvalue weighted by Gasteiger charge is -2.52. The minimum absolute atomic E-state index is 0.960. The molecular weight excluding hydrogens is 208 g/mol. The van der Waals surface area contributed by atoms with Crippen LogP contribution in [-0.2, 0) is 0 Å². The van der Waals surface area contributed by atoms with E-state index in [1.54, 1.807) is 6.42 Å². The predicted octanol–water partition coefficient (Wildman–Crippen LogP) is 2.20. The summed E-state index contributed by atoms with van der Waals surface area (Å²) in [5.74, 6) is 3.10. The van der Waals surface area contributed by atoms with Crippen LogP contribution in [0.5, 0.6) is 0 Å². The Kier molecular flexibility index (Phi) is 2.69. The zero-order chi connectivity index (χ0) is 11.2. The average molecular weight is 234 g/mol. The van der Waals surface area contributed by atoms with Crippen LogP contribution in [0.25, 0.3) is 0 Å². The highest BCUT2D eigenvalue weighted by atomic mass is 15.2. The van der Waals surface area contributed by atoms with E-state index in [-0.39, 0.29) is 0 Å². The van der Waals surface area contributed by atoms with Crippen LogP contribution in [0.1, 0.15) is 38.5 Å². The first-order valence-corrected chi connectivity index (χ1v) is 7.85. The Hall–Kier alpha value is -0.0800. The Bertz CT molecular complexity index is 287. The summed E-state index contributed by atoms with van der Waals surface area (Å²) in [6.07, 6.45) is 9.02. The molecule has 0 aromatic carbocycles. The van der Waals surface area contributed by atoms with E-state index in [4.69, 9.17) is 0 Å². The van der Waals surface area contributed by atoms with E-state index in [0.29, 0.717) is 0 Å². The van der Waals surface area contributed by atoms with Crippen molar-refractivity contribution in [1.82, 2.24) is 9.80 Å². The summed E-state index contributed by atoms with van der Waals surface area (Å²) in [6.45, 7) is 7.09. The molecule has 1 aliphatic carbocycles. The number of rotatable bonds is 2. The summed E-state index contributed by atoms with van der Waals surface area (Å²) in [6, 6.07) is 0.960. The summed E-state index contributed by atoms with van der Waals surface area (Å²) in [7, 11) is 0. The molecule has 1 saturated carbocycles. The highest BCUT2D eigenvalue weighted by Gasteiger charge is 2.42. The standard InChI is InChI=1S/C15H26N2/c1-2-6-17-10-13-7-14(15(17)3-1)11-16(9-13)8-12-4-5-12/h12-15H,1-11H2/t13-,14+,15-/m0/s1. The van der Waals surface area contributed by atoms with Crippen LogP contribution in [0.4, 0.5) is 0 Å². The summed E-state index contributed by atoms with van der Waals surface area (Å²) < 4.78 is 0. The van der Waals surface area contributed by atoms with Gasteiger partial charge in [0.15, 0.2) is 0 Å². The molecular formula is C15H26N2. The largest absolute Gasteiger partial charge is 0.302 e. The minimum Gasteiger partial charge on any atom is -0.302 e. The summed E-state index contributed by atoms with van der Waals surface area (Å²) in [4.78, 5) is 5.67. The number of likely N-dealkylation sites (tertiary alicyclic amines) is 1. The van der Waals surface area contributed by atoms with Crippen LogP contribution >= 0.6 is 0 Å². The van der Waals surface area contributed by atoms with Crippen LogP contribution in [0, 0.1) is 17.8 Å². The van der Waals surface area contributed by atoms with E-state index in [2.05, 4.69) is 9.80 Å². The maximum absolute atomic E-state index is 2.84. The van der Waals surface area contributed by atoms with Gasteiger partial charge in [-0.1, -0.05) is 6.42 Å². The van der Waals surface area contributed by atoms with Crippen LogP contribution in [-0.4, -0.2) is 48.6 Å². The van der Waals surface area contributed by atoms with Gasteiger partial charge in [-0.15, -0.1) is 0 Å². The summed E-state index contributed by atoms with van der Waals surface area (Å²) in [5.41, 5.74) is 0. The first kappa shape index (κ1) is 10.8. The second kappa shape index (κ2) is 4.24. The van der Waals surface area contributed by atoms with Gasteiger partial charge in [0.2, 0.25) is 0 Å². The number of hydrogen-bond donors (Lipinski definition) is 0. The normalized spacial score (nSPS) is 43.4. The molecule has 0 aromatic rings. The fourth-order valence-electron chi connectivity index (χ4n) is 4.68. The molecule has 4 aliphatic rings. The first-order valence-electron chi connectivity index (χ1n) is 7.85. The molecule has 2 nitrogen and oxygen atoms in total. The van der Waals surface area contributed by atoms with Crippen LogP contribution in [0.3, 0.4) is 0 Å². The quantitative estimate of drug-likeness (QED) is 0.723. The van der Waals surface area contributed by atoms with E-state index in [1.807, 2.05) is 0 Å². The monoisotopic (exact) mass is 234 g/mol. The molecule has 3 aliphatic heterocycles. The van der Waals surface area contributed by atoms with Crippen molar-refractivity contribution in [3.8, 4) is 0 Å². The van der Waals surface area contributed by atoms with Gasteiger partial charge in [-0.05, 0) is 56.4 Å². The molecule has 4 rings (SSSR count). The maximum Gasteiger partial charge on any atom is 0.0136 e. The molecule has 0 unspecified atom stereocenters. The number of piperidine rings is 3. The highest BCUT2D eigenvalue weighted by molar-refractivity contribution is 4.96. The Labute approximate surface area is 105 Å². The first-order chi connectivity index (χ1) is 8.38. The second-order valence-electron chi connectivity index (χ2n) is 7.08. The molecule has 0 radical (unpaired) electrons. The zero-order valence-corrected chi connectivity index (χ0v) is 11.0. The third kappa shape index (κ3) is 2.15. The molecule has 0 aromatic heterocycles. The van der Waals surface area contributed by atoms with Gasteiger partial charge in [0.1, 0.15) is 0 Å². The van der Waals surface area contributed by atoms with Gasteiger partial charge in [0.05, 0.1) is 0 Å². The number of nitrogens with zero attached hydrogens (tertiary/aromatic N) is 2. The van der Waals surface area contributed by atoms with E-state index in [9.17, 15) is 0 Å². The Morgan fingerprint density at radius 3 is 2.76 bits per heavy atom. The molecule has 3 atom stereocenters. The van der Waals surface area contributed by atoms with Gasteiger partial charge in [0, 0.05) is 32.2 Å². The Morgan fingerprint density at radius 1 is 0.941 bits per heavy atom. The third-order valence-electron chi connectivity index (χ3n) is 5.56. The van der Waals surface area contributed by atoms with Crippen LogP contribution in [0.2, 0.25) is 0 Å². The van der Waals surface area contributed by atoms with Crippen LogP contribution < -0.4 is 0 Å². The lowest BCUT2D eigenvalue weighted by molar-refractivity contribution is -0.0312. The van der Waals surface area contributed by atoms with Crippen molar-refractivity contribution in [2.24, 2.45) is 17.8 Å². The van der Waals surface area contributed by atoms with E-state index in [1.165, 1.54) is 64.8 Å². The molecule has 2 heteroatoms. The van der Waals surface area contributed by atoms with Crippen molar-refractivity contribution in [2.45, 2.75) is 44.6 Å². The number of hydrogen-bond acceptors (Lipinski definition) is 2. The smallest absolute Gasteiger partial charge is 0.0136 e. The van der Waals surface area contributed by atoms with Crippen molar-refractivity contribution in [1.29, 1.82) is 0 Å². The van der Waals surface area contributed by atoms with Gasteiger partial charge in [0.25, 0.3) is 0 Å². The van der Waals surface area contributed by atoms with E-state index < -0.39 is 0 Å². The number of fused-ring (bicyclic) bond motifs is 4. The minimum atomic E-state index is 0.960. The van der Waals surface area contributed by atoms with Crippen molar-refractivity contribution in [3.63, 3.8) is 0 Å². The summed E-state index contributed by atoms with van der Waals surface area (Å²) in [5, 5.41) is 0. The highest BCUT2D eigenvalue weighted by Crippen LogP contribution is 2.39. The molecule has 0 N–H and O–H groups in total. The Balaban J connectivity index is 1.44. The van der Waals surface area contributed by atoms with Crippen molar-refractivity contribution in [2.75, 3.05) is 32.7 Å². The average Bonchev–Trinajstić information content (AvgIpc) is 3.13. The Morgan fingerprint density at radius 2 is 1.88 bits per heavy atom. The van der Waals surface area contributed by atoms with E-state index >= 15 is 0 Å². The zero-order valence-electron chi connectivity index (χ0n) is 11.0. The maximum atomic E-state index is 2.84. The van der Waals surface area contributed by atoms with Gasteiger partial charge in [-0.2, -0.15) is 0 Å². The van der Waals surface area contributed by atoms with Crippen molar-refractivity contribution in [3.05, 3.63) is 0 Å². The van der Waals surface area contributed by atoms with Gasteiger partial charge in [-0.25, -0.2) is 0 Å². The SMILES string of the molecule is C1CCN2C[C@H]3C[C@H](CN(CC4CC4)C3)[C@@H]2C1. The van der Waals surface area contributed by atoms with Gasteiger partial charge in [-0.3, -0.25) is 4.90 Å². The molecule has 17 heavy (non-hydrogen) atoms. The van der Waals surface area contributed by atoms with Gasteiger partial charge < -0.3 is 4.90 Å². The third-order valence-corrected chi connectivity index (χ3v) is 5.56. The van der Waals surface area contributed by atoms with E-state index in [0.717, 1.165) is 23.8 Å². The van der Waals surface area contributed by atoms with Crippen LogP contribution in [0.15, 0.2) is 0 Å². The van der Waals surface area contributed by atoms with Crippen molar-refractivity contribution < 1.29 is 0 Å². The fourth-order valence-corrected chi connectivity index (χ4v) is 4.68. The molecule has 96 valence electrons. The molecule has 3 heterocycles. The summed E-state index contributed by atoms with van der Waals surface area (Å²) >= 11 is 0. The molecule has 2 bridgehead atoms. The fraction of sp³-hybridized carbons (Fsp3) is 1.00. The predicted molar refractivity (Wildman–Crippen MR) is 70.0 cm³/mol. The molecule has 3 saturated heterocycles. The topological polar surface area (TPSA) is 6.48 Å².